The molecule has 16 heavy (non-hydrogen) atoms. The summed E-state index contributed by atoms with van der Waals surface area (Å²) in [6.45, 7) is 1.43. The van der Waals surface area contributed by atoms with Gasteiger partial charge in [0, 0.05) is 29.1 Å². The Kier molecular flexibility index (Phi) is 2.35. The molecule has 2 aromatic rings. The monoisotopic (exact) mass is 236 g/mol. The third kappa shape index (κ3) is 1.53. The van der Waals surface area contributed by atoms with Crippen molar-refractivity contribution in [3.63, 3.8) is 0 Å². The van der Waals surface area contributed by atoms with Crippen LogP contribution in [0.4, 0.5) is 11.4 Å². The van der Waals surface area contributed by atoms with Crippen LogP contribution in [0.5, 0.6) is 0 Å². The zero-order valence-electron chi connectivity index (χ0n) is 8.39. The predicted molar refractivity (Wildman–Crippen MR) is 62.9 cm³/mol. The Labute approximate surface area is 94.6 Å². The summed E-state index contributed by atoms with van der Waals surface area (Å²) in [6.07, 6.45) is 0. The van der Waals surface area contributed by atoms with Crippen LogP contribution in [0.25, 0.3) is 10.1 Å². The highest BCUT2D eigenvalue weighted by atomic mass is 32.1. The molecule has 0 spiro atoms. The first-order valence-corrected chi connectivity index (χ1v) is 5.29. The van der Waals surface area contributed by atoms with E-state index in [0.717, 1.165) is 4.70 Å². The number of fused-ring (bicyclic) bond motifs is 1. The van der Waals surface area contributed by atoms with Crippen molar-refractivity contribution in [2.24, 2.45) is 0 Å². The number of thiophene rings is 1. The van der Waals surface area contributed by atoms with Crippen molar-refractivity contribution >= 4 is 38.6 Å². The summed E-state index contributed by atoms with van der Waals surface area (Å²) in [4.78, 5) is 21.8. The van der Waals surface area contributed by atoms with Gasteiger partial charge in [0.25, 0.3) is 5.69 Å². The van der Waals surface area contributed by atoms with Gasteiger partial charge in [-0.1, -0.05) is 0 Å². The maximum atomic E-state index is 11.3. The Morgan fingerprint density at radius 2 is 2.19 bits per heavy atom. The summed E-state index contributed by atoms with van der Waals surface area (Å²) in [6, 6.07) is 4.41. The van der Waals surface area contributed by atoms with Crippen LogP contribution in [0.1, 0.15) is 16.6 Å². The first-order chi connectivity index (χ1) is 7.50. The van der Waals surface area contributed by atoms with Gasteiger partial charge in [-0.3, -0.25) is 14.9 Å². The molecular formula is C10H8N2O3S. The number of anilines is 1. The van der Waals surface area contributed by atoms with Crippen LogP contribution in [0.3, 0.4) is 0 Å². The second-order valence-electron chi connectivity index (χ2n) is 3.34. The van der Waals surface area contributed by atoms with Gasteiger partial charge in [0.15, 0.2) is 5.78 Å². The van der Waals surface area contributed by atoms with E-state index in [1.807, 2.05) is 0 Å². The van der Waals surface area contributed by atoms with E-state index in [9.17, 15) is 14.9 Å². The molecule has 0 aliphatic carbocycles. The molecule has 5 nitrogen and oxygen atoms in total. The number of ketones is 1. The first kappa shape index (κ1) is 10.6. The number of carbonyl (C=O) groups is 1. The summed E-state index contributed by atoms with van der Waals surface area (Å²) in [5.74, 6) is -0.124. The Balaban J connectivity index is 2.73. The molecule has 0 saturated heterocycles. The van der Waals surface area contributed by atoms with Gasteiger partial charge in [0.05, 0.1) is 15.5 Å². The normalized spacial score (nSPS) is 10.6. The van der Waals surface area contributed by atoms with E-state index in [0.29, 0.717) is 16.0 Å². The first-order valence-electron chi connectivity index (χ1n) is 4.48. The highest BCUT2D eigenvalue weighted by Gasteiger charge is 2.15. The van der Waals surface area contributed by atoms with E-state index in [-0.39, 0.29) is 11.5 Å². The second-order valence-corrected chi connectivity index (χ2v) is 4.39. The van der Waals surface area contributed by atoms with Crippen LogP contribution in [0.2, 0.25) is 0 Å². The average Bonchev–Trinajstić information content (AvgIpc) is 2.56. The van der Waals surface area contributed by atoms with E-state index in [2.05, 4.69) is 0 Å². The summed E-state index contributed by atoms with van der Waals surface area (Å²) >= 11 is 1.26. The minimum Gasteiger partial charge on any atom is -0.397 e. The average molecular weight is 236 g/mol. The molecule has 1 aromatic carbocycles. The Bertz CT molecular complexity index is 603. The Morgan fingerprint density at radius 3 is 2.75 bits per heavy atom. The lowest BCUT2D eigenvalue weighted by Crippen LogP contribution is -1.94. The number of hydrogen-bond acceptors (Lipinski definition) is 5. The third-order valence-electron chi connectivity index (χ3n) is 2.24. The highest BCUT2D eigenvalue weighted by molar-refractivity contribution is 7.21. The smallest absolute Gasteiger partial charge is 0.270 e. The number of nitrogen functional groups attached to an aromatic ring is 1. The minimum atomic E-state index is -0.482. The fourth-order valence-corrected chi connectivity index (χ4v) is 2.48. The molecule has 0 fully saturated rings. The number of Topliss-reactive ketones (excluding diaryl/α,β-unsaturated/α-hetero) is 1. The molecule has 82 valence electrons. The zero-order chi connectivity index (χ0) is 11.9. The van der Waals surface area contributed by atoms with E-state index in [4.69, 9.17) is 5.73 Å². The topological polar surface area (TPSA) is 86.2 Å². The molecule has 0 saturated carbocycles. The van der Waals surface area contributed by atoms with Gasteiger partial charge in [-0.05, 0) is 6.07 Å². The molecule has 0 unspecified atom stereocenters. The van der Waals surface area contributed by atoms with Gasteiger partial charge in [-0.2, -0.15) is 0 Å². The number of nitro benzene ring substituents is 1. The highest BCUT2D eigenvalue weighted by Crippen LogP contribution is 2.35. The Hall–Kier alpha value is -1.95. The van der Waals surface area contributed by atoms with E-state index >= 15 is 0 Å². The summed E-state index contributed by atoms with van der Waals surface area (Å²) in [5, 5.41) is 11.2. The van der Waals surface area contributed by atoms with Crippen LogP contribution in [0, 0.1) is 10.1 Å². The van der Waals surface area contributed by atoms with Gasteiger partial charge < -0.3 is 5.73 Å². The number of nitrogens with two attached hydrogens (primary N) is 1. The summed E-state index contributed by atoms with van der Waals surface area (Å²) < 4.78 is 0.785. The van der Waals surface area contributed by atoms with Crippen LogP contribution >= 0.6 is 11.3 Å². The van der Waals surface area contributed by atoms with E-state index in [1.54, 1.807) is 6.07 Å². The van der Waals surface area contributed by atoms with Crippen LogP contribution < -0.4 is 5.73 Å². The van der Waals surface area contributed by atoms with Crippen LogP contribution in [0.15, 0.2) is 18.2 Å². The van der Waals surface area contributed by atoms with Crippen molar-refractivity contribution in [3.05, 3.63) is 33.2 Å². The second kappa shape index (κ2) is 3.57. The number of nitrogens with zero attached hydrogens (tertiary/aromatic N) is 1. The molecule has 0 aliphatic heterocycles. The number of benzene rings is 1. The lowest BCUT2D eigenvalue weighted by molar-refractivity contribution is -0.384. The van der Waals surface area contributed by atoms with Crippen LogP contribution in [-0.4, -0.2) is 10.7 Å². The molecule has 0 bridgehead atoms. The van der Waals surface area contributed by atoms with Crippen molar-refractivity contribution in [2.45, 2.75) is 6.92 Å². The molecule has 1 aromatic heterocycles. The number of rotatable bonds is 2. The lowest BCUT2D eigenvalue weighted by atomic mass is 10.2. The molecule has 1 heterocycles. The molecule has 2 rings (SSSR count). The molecular weight excluding hydrogens is 228 g/mol. The van der Waals surface area contributed by atoms with Gasteiger partial charge in [0.1, 0.15) is 0 Å². The molecule has 6 heteroatoms. The van der Waals surface area contributed by atoms with Crippen molar-refractivity contribution in [1.29, 1.82) is 0 Å². The fourth-order valence-electron chi connectivity index (χ4n) is 1.48. The molecule has 0 aliphatic rings. The van der Waals surface area contributed by atoms with Crippen molar-refractivity contribution in [3.8, 4) is 0 Å². The largest absolute Gasteiger partial charge is 0.397 e. The van der Waals surface area contributed by atoms with E-state index < -0.39 is 4.92 Å². The molecule has 0 radical (unpaired) electrons. The molecule has 2 N–H and O–H groups in total. The van der Waals surface area contributed by atoms with Crippen molar-refractivity contribution < 1.29 is 9.72 Å². The number of nitro groups is 1. The zero-order valence-corrected chi connectivity index (χ0v) is 9.21. The maximum Gasteiger partial charge on any atom is 0.270 e. The standard InChI is InChI=1S/C10H8N2O3S/c1-5(13)10-9(11)7-4-6(12(14)15)2-3-8(7)16-10/h2-4H,11H2,1H3. The fraction of sp³-hybridized carbons (Fsp3) is 0.100. The lowest BCUT2D eigenvalue weighted by Gasteiger charge is -1.93. The Morgan fingerprint density at radius 1 is 1.50 bits per heavy atom. The maximum absolute atomic E-state index is 11.3. The third-order valence-corrected chi connectivity index (χ3v) is 3.53. The van der Waals surface area contributed by atoms with Crippen molar-refractivity contribution in [1.82, 2.24) is 0 Å². The van der Waals surface area contributed by atoms with Gasteiger partial charge in [0.2, 0.25) is 0 Å². The van der Waals surface area contributed by atoms with Crippen molar-refractivity contribution in [2.75, 3.05) is 5.73 Å². The van der Waals surface area contributed by atoms with Gasteiger partial charge in [-0.15, -0.1) is 11.3 Å². The molecule has 0 atom stereocenters. The predicted octanol–water partition coefficient (Wildman–Crippen LogP) is 2.59. The summed E-state index contributed by atoms with van der Waals surface area (Å²) in [7, 11) is 0. The van der Waals surface area contributed by atoms with Crippen LogP contribution in [-0.2, 0) is 0 Å². The minimum absolute atomic E-state index is 0.0212. The summed E-state index contributed by atoms with van der Waals surface area (Å²) in [5.41, 5.74) is 6.08. The van der Waals surface area contributed by atoms with Gasteiger partial charge >= 0.3 is 0 Å². The molecule has 0 amide bonds. The number of non-ortho nitro benzene ring substituents is 1. The quantitative estimate of drug-likeness (QED) is 0.493. The number of carbonyl (C=O) groups excluding carboxylic acids is 1. The number of hydrogen-bond donors (Lipinski definition) is 1. The SMILES string of the molecule is CC(=O)c1sc2ccc([N+](=O)[O-])cc2c1N. The van der Waals surface area contributed by atoms with E-state index in [1.165, 1.54) is 30.4 Å². The van der Waals surface area contributed by atoms with Gasteiger partial charge in [-0.25, -0.2) is 0 Å².